The van der Waals surface area contributed by atoms with E-state index in [4.69, 9.17) is 0 Å². The normalized spacial score (nSPS) is 10.5. The Morgan fingerprint density at radius 1 is 1.18 bits per heavy atom. The predicted molar refractivity (Wildman–Crippen MR) is 109 cm³/mol. The first-order chi connectivity index (χ1) is 13.5. The van der Waals surface area contributed by atoms with Gasteiger partial charge in [0.15, 0.2) is 0 Å². The number of amides is 1. The van der Waals surface area contributed by atoms with E-state index in [-0.39, 0.29) is 5.91 Å². The van der Waals surface area contributed by atoms with E-state index in [0.29, 0.717) is 23.2 Å². The van der Waals surface area contributed by atoms with Gasteiger partial charge < -0.3 is 10.1 Å². The number of anilines is 1. The summed E-state index contributed by atoms with van der Waals surface area (Å²) in [7, 11) is 1.33. The molecule has 0 saturated carbocycles. The molecule has 144 valence electrons. The van der Waals surface area contributed by atoms with Gasteiger partial charge in [0.1, 0.15) is 0 Å². The standard InChI is InChI=1S/C21H21N3O3S/c1-4-14-7-5-6-8-17(14)23-20(25)19-13(2)24-28-18(19)11-16-10-9-15(12-22-16)21(26)27-3/h5-10,12H,4,11H2,1-3H3,(H,23,25). The summed E-state index contributed by atoms with van der Waals surface area (Å²) in [5.41, 5.74) is 4.30. The van der Waals surface area contributed by atoms with Crippen molar-refractivity contribution >= 4 is 29.1 Å². The van der Waals surface area contributed by atoms with Crippen molar-refractivity contribution in [1.29, 1.82) is 0 Å². The van der Waals surface area contributed by atoms with Gasteiger partial charge in [0.05, 0.1) is 23.9 Å². The Bertz CT molecular complexity index is 996. The highest BCUT2D eigenvalue weighted by atomic mass is 32.1. The number of rotatable bonds is 6. The zero-order valence-corrected chi connectivity index (χ0v) is 16.8. The number of hydrogen-bond donors (Lipinski definition) is 1. The first-order valence-corrected chi connectivity index (χ1v) is 9.68. The number of aryl methyl sites for hydroxylation is 2. The number of ether oxygens (including phenoxy) is 1. The van der Waals surface area contributed by atoms with Gasteiger partial charge in [0, 0.05) is 28.9 Å². The van der Waals surface area contributed by atoms with E-state index in [9.17, 15) is 9.59 Å². The summed E-state index contributed by atoms with van der Waals surface area (Å²) in [6.07, 6.45) is 2.78. The number of carbonyl (C=O) groups excluding carboxylic acids is 2. The molecule has 2 aromatic heterocycles. The lowest BCUT2D eigenvalue weighted by atomic mass is 10.1. The Balaban J connectivity index is 1.81. The van der Waals surface area contributed by atoms with Crippen LogP contribution in [-0.4, -0.2) is 28.3 Å². The molecule has 0 aliphatic carbocycles. The second-order valence-corrected chi connectivity index (χ2v) is 7.10. The summed E-state index contributed by atoms with van der Waals surface area (Å²) in [5, 5.41) is 3.01. The van der Waals surface area contributed by atoms with Crippen LogP contribution in [0.3, 0.4) is 0 Å². The molecule has 2 heterocycles. The van der Waals surface area contributed by atoms with E-state index in [1.54, 1.807) is 12.1 Å². The van der Waals surface area contributed by atoms with Crippen molar-refractivity contribution in [3.8, 4) is 0 Å². The van der Waals surface area contributed by atoms with Crippen molar-refractivity contribution in [1.82, 2.24) is 9.36 Å². The molecule has 0 radical (unpaired) electrons. The number of aromatic nitrogens is 2. The number of para-hydroxylation sites is 1. The largest absolute Gasteiger partial charge is 0.465 e. The number of pyridine rings is 1. The average molecular weight is 395 g/mol. The molecule has 6 nitrogen and oxygen atoms in total. The number of methoxy groups -OCH3 is 1. The minimum atomic E-state index is -0.428. The molecule has 0 aliphatic rings. The van der Waals surface area contributed by atoms with Crippen LogP contribution >= 0.6 is 11.5 Å². The molecule has 0 atom stereocenters. The van der Waals surface area contributed by atoms with Crippen LogP contribution in [0.1, 0.15) is 49.5 Å². The van der Waals surface area contributed by atoms with Crippen LogP contribution in [-0.2, 0) is 17.6 Å². The highest BCUT2D eigenvalue weighted by Crippen LogP contribution is 2.24. The minimum absolute atomic E-state index is 0.173. The van der Waals surface area contributed by atoms with Crippen LogP contribution < -0.4 is 5.32 Å². The van der Waals surface area contributed by atoms with Crippen molar-refractivity contribution in [3.63, 3.8) is 0 Å². The lowest BCUT2D eigenvalue weighted by molar-refractivity contribution is 0.0600. The summed E-state index contributed by atoms with van der Waals surface area (Å²) in [4.78, 5) is 29.6. The first-order valence-electron chi connectivity index (χ1n) is 8.91. The number of benzene rings is 1. The maximum absolute atomic E-state index is 12.9. The van der Waals surface area contributed by atoms with Gasteiger partial charge in [-0.15, -0.1) is 0 Å². The summed E-state index contributed by atoms with van der Waals surface area (Å²) in [5.74, 6) is -0.601. The van der Waals surface area contributed by atoms with E-state index < -0.39 is 5.97 Å². The Kier molecular flexibility index (Phi) is 6.16. The van der Waals surface area contributed by atoms with Crippen molar-refractivity contribution in [2.24, 2.45) is 0 Å². The average Bonchev–Trinajstić information content (AvgIpc) is 3.08. The summed E-state index contributed by atoms with van der Waals surface area (Å²) >= 11 is 1.29. The second kappa shape index (κ2) is 8.75. The molecule has 0 unspecified atom stereocenters. The van der Waals surface area contributed by atoms with Crippen LogP contribution in [0.5, 0.6) is 0 Å². The summed E-state index contributed by atoms with van der Waals surface area (Å²) in [6, 6.07) is 11.2. The molecule has 0 aliphatic heterocycles. The minimum Gasteiger partial charge on any atom is -0.465 e. The topological polar surface area (TPSA) is 81.2 Å². The van der Waals surface area contributed by atoms with Crippen LogP contribution in [0.2, 0.25) is 0 Å². The van der Waals surface area contributed by atoms with Crippen molar-refractivity contribution in [2.45, 2.75) is 26.7 Å². The molecule has 28 heavy (non-hydrogen) atoms. The number of carbonyl (C=O) groups is 2. The Hall–Kier alpha value is -3.06. The smallest absolute Gasteiger partial charge is 0.339 e. The van der Waals surface area contributed by atoms with Crippen molar-refractivity contribution in [2.75, 3.05) is 12.4 Å². The van der Waals surface area contributed by atoms with E-state index in [2.05, 4.69) is 26.3 Å². The van der Waals surface area contributed by atoms with Crippen LogP contribution in [0.15, 0.2) is 42.6 Å². The van der Waals surface area contributed by atoms with E-state index in [0.717, 1.165) is 28.2 Å². The number of esters is 1. The van der Waals surface area contributed by atoms with Gasteiger partial charge in [-0.05, 0) is 48.6 Å². The quantitative estimate of drug-likeness (QED) is 0.637. The Morgan fingerprint density at radius 3 is 2.64 bits per heavy atom. The zero-order chi connectivity index (χ0) is 20.1. The molecule has 1 amide bonds. The van der Waals surface area contributed by atoms with Crippen molar-refractivity contribution < 1.29 is 14.3 Å². The highest BCUT2D eigenvalue weighted by molar-refractivity contribution is 7.06. The molecule has 7 heteroatoms. The molecule has 3 aromatic rings. The van der Waals surface area contributed by atoms with E-state index in [1.807, 2.05) is 31.2 Å². The Labute approximate surface area is 167 Å². The summed E-state index contributed by atoms with van der Waals surface area (Å²) in [6.45, 7) is 3.88. The Morgan fingerprint density at radius 2 is 1.96 bits per heavy atom. The molecule has 1 aromatic carbocycles. The predicted octanol–water partition coefficient (Wildman–Crippen LogP) is 4.04. The number of hydrogen-bond acceptors (Lipinski definition) is 6. The molecular formula is C21H21N3O3S. The molecular weight excluding hydrogens is 374 g/mol. The van der Waals surface area contributed by atoms with Crippen LogP contribution in [0.4, 0.5) is 5.69 Å². The third-order valence-corrected chi connectivity index (χ3v) is 5.33. The van der Waals surface area contributed by atoms with Gasteiger partial charge >= 0.3 is 5.97 Å². The van der Waals surface area contributed by atoms with Gasteiger partial charge in [0.25, 0.3) is 5.91 Å². The molecule has 1 N–H and O–H groups in total. The van der Waals surface area contributed by atoms with Crippen LogP contribution in [0, 0.1) is 6.92 Å². The van der Waals surface area contributed by atoms with Crippen LogP contribution in [0.25, 0.3) is 0 Å². The van der Waals surface area contributed by atoms with E-state index >= 15 is 0 Å². The monoisotopic (exact) mass is 395 g/mol. The number of nitrogens with zero attached hydrogens (tertiary/aromatic N) is 2. The van der Waals surface area contributed by atoms with Gasteiger partial charge in [-0.3, -0.25) is 9.78 Å². The van der Waals surface area contributed by atoms with Crippen molar-refractivity contribution in [3.05, 3.63) is 75.6 Å². The van der Waals surface area contributed by atoms with Gasteiger partial charge in [0.2, 0.25) is 0 Å². The third-order valence-electron chi connectivity index (χ3n) is 4.39. The molecule has 0 fully saturated rings. The van der Waals surface area contributed by atoms with Gasteiger partial charge in [-0.2, -0.15) is 4.37 Å². The highest BCUT2D eigenvalue weighted by Gasteiger charge is 2.20. The fraction of sp³-hybridized carbons (Fsp3) is 0.238. The SMILES string of the molecule is CCc1ccccc1NC(=O)c1c(C)nsc1Cc1ccc(C(=O)OC)cn1. The number of nitrogens with one attached hydrogen (secondary N) is 1. The lowest BCUT2D eigenvalue weighted by Gasteiger charge is -2.10. The molecule has 0 saturated heterocycles. The fourth-order valence-corrected chi connectivity index (χ4v) is 3.78. The molecule has 0 bridgehead atoms. The van der Waals surface area contributed by atoms with E-state index in [1.165, 1.54) is 24.8 Å². The lowest BCUT2D eigenvalue weighted by Crippen LogP contribution is -2.15. The zero-order valence-electron chi connectivity index (χ0n) is 16.0. The maximum Gasteiger partial charge on any atom is 0.339 e. The second-order valence-electron chi connectivity index (χ2n) is 6.24. The molecule has 3 rings (SSSR count). The van der Waals surface area contributed by atoms with Gasteiger partial charge in [-0.25, -0.2) is 4.79 Å². The third kappa shape index (κ3) is 4.26. The molecule has 0 spiro atoms. The maximum atomic E-state index is 12.9. The summed E-state index contributed by atoms with van der Waals surface area (Å²) < 4.78 is 9.04. The fourth-order valence-electron chi connectivity index (χ4n) is 2.90. The van der Waals surface area contributed by atoms with Gasteiger partial charge in [-0.1, -0.05) is 25.1 Å². The first kappa shape index (κ1) is 19.7.